The first kappa shape index (κ1) is 11.6. The van der Waals surface area contributed by atoms with Gasteiger partial charge >= 0.3 is 0 Å². The molecule has 0 saturated carbocycles. The Labute approximate surface area is 89.1 Å². The topological polar surface area (TPSA) is 73.9 Å². The lowest BCUT2D eigenvalue weighted by atomic mass is 10.3. The maximum absolute atomic E-state index is 11.4. The van der Waals surface area contributed by atoms with Gasteiger partial charge in [-0.3, -0.25) is 9.89 Å². The summed E-state index contributed by atoms with van der Waals surface area (Å²) in [6.07, 6.45) is 1.31. The van der Waals surface area contributed by atoms with Crippen LogP contribution in [0.15, 0.2) is 6.33 Å². The molecule has 1 aromatic rings. The zero-order valence-corrected chi connectivity index (χ0v) is 9.32. The Morgan fingerprint density at radius 2 is 2.40 bits per heavy atom. The number of carbonyl (C=O) groups is 1. The number of aromatic nitrogens is 3. The van der Waals surface area contributed by atoms with Crippen molar-refractivity contribution in [3.8, 4) is 0 Å². The monoisotopic (exact) mass is 211 g/mol. The van der Waals surface area contributed by atoms with Crippen LogP contribution in [0.4, 0.5) is 0 Å². The molecule has 0 aliphatic heterocycles. The van der Waals surface area contributed by atoms with Crippen LogP contribution in [-0.4, -0.2) is 52.2 Å². The lowest BCUT2D eigenvalue weighted by Gasteiger charge is -2.20. The predicted octanol–water partition coefficient (Wildman–Crippen LogP) is -0.125. The van der Waals surface area contributed by atoms with Crippen LogP contribution < -0.4 is 5.32 Å². The number of aromatic amines is 1. The van der Waals surface area contributed by atoms with Crippen molar-refractivity contribution >= 4 is 5.91 Å². The molecule has 0 atom stereocenters. The van der Waals surface area contributed by atoms with Gasteiger partial charge in [-0.15, -0.1) is 0 Å². The number of likely N-dealkylation sites (N-methyl/N-ethyl adjacent to an activating group) is 1. The highest BCUT2D eigenvalue weighted by molar-refractivity contribution is 5.90. The number of carbonyl (C=O) groups excluding carboxylic acids is 1. The fourth-order valence-corrected chi connectivity index (χ4v) is 1.00. The summed E-state index contributed by atoms with van der Waals surface area (Å²) in [6, 6.07) is 0.479. The molecule has 0 saturated heterocycles. The van der Waals surface area contributed by atoms with Crippen LogP contribution in [0.1, 0.15) is 24.5 Å². The van der Waals surface area contributed by atoms with E-state index >= 15 is 0 Å². The fourth-order valence-electron chi connectivity index (χ4n) is 1.00. The minimum atomic E-state index is -0.218. The summed E-state index contributed by atoms with van der Waals surface area (Å²) in [5.41, 5.74) is 0. The third-order valence-electron chi connectivity index (χ3n) is 2.26. The number of hydrogen-bond donors (Lipinski definition) is 2. The Kier molecular flexibility index (Phi) is 4.23. The number of rotatable bonds is 5. The second-order valence-electron chi connectivity index (χ2n) is 3.66. The van der Waals surface area contributed by atoms with Gasteiger partial charge in [0.25, 0.3) is 5.91 Å². The Bertz CT molecular complexity index is 295. The first-order valence-corrected chi connectivity index (χ1v) is 4.95. The van der Waals surface area contributed by atoms with E-state index < -0.39 is 0 Å². The molecular formula is C9H17N5O. The van der Waals surface area contributed by atoms with Crippen molar-refractivity contribution in [2.75, 3.05) is 20.1 Å². The average molecular weight is 211 g/mol. The van der Waals surface area contributed by atoms with Crippen molar-refractivity contribution in [2.45, 2.75) is 19.9 Å². The van der Waals surface area contributed by atoms with E-state index in [-0.39, 0.29) is 11.7 Å². The largest absolute Gasteiger partial charge is 0.348 e. The summed E-state index contributed by atoms with van der Waals surface area (Å²) in [4.78, 5) is 17.3. The molecule has 0 spiro atoms. The summed E-state index contributed by atoms with van der Waals surface area (Å²) >= 11 is 0. The van der Waals surface area contributed by atoms with Crippen molar-refractivity contribution < 1.29 is 4.79 Å². The first-order chi connectivity index (χ1) is 7.11. The van der Waals surface area contributed by atoms with Gasteiger partial charge in [0.15, 0.2) is 0 Å². The smallest absolute Gasteiger partial charge is 0.288 e. The molecule has 84 valence electrons. The molecule has 2 N–H and O–H groups in total. The van der Waals surface area contributed by atoms with E-state index in [1.165, 1.54) is 6.33 Å². The second-order valence-corrected chi connectivity index (χ2v) is 3.66. The Morgan fingerprint density at radius 3 is 2.93 bits per heavy atom. The molecule has 0 aliphatic carbocycles. The molecule has 0 bridgehead atoms. The number of amides is 1. The molecule has 1 rings (SSSR count). The SMILES string of the molecule is CC(C)N(C)CCNC(=O)c1ncn[nH]1. The third kappa shape index (κ3) is 3.67. The zero-order valence-electron chi connectivity index (χ0n) is 9.32. The van der Waals surface area contributed by atoms with Crippen LogP contribution >= 0.6 is 0 Å². The van der Waals surface area contributed by atoms with Gasteiger partial charge in [0, 0.05) is 19.1 Å². The molecule has 0 aliphatic rings. The van der Waals surface area contributed by atoms with Gasteiger partial charge in [-0.2, -0.15) is 5.10 Å². The Morgan fingerprint density at radius 1 is 1.67 bits per heavy atom. The van der Waals surface area contributed by atoms with Crippen LogP contribution in [0, 0.1) is 0 Å². The van der Waals surface area contributed by atoms with Gasteiger partial charge < -0.3 is 10.2 Å². The van der Waals surface area contributed by atoms with Crippen molar-refractivity contribution in [3.63, 3.8) is 0 Å². The minimum absolute atomic E-state index is 0.218. The molecule has 1 heterocycles. The Hall–Kier alpha value is -1.43. The third-order valence-corrected chi connectivity index (χ3v) is 2.26. The number of nitrogens with one attached hydrogen (secondary N) is 2. The highest BCUT2D eigenvalue weighted by Crippen LogP contribution is 1.91. The number of H-pyrrole nitrogens is 1. The first-order valence-electron chi connectivity index (χ1n) is 4.95. The van der Waals surface area contributed by atoms with Gasteiger partial charge in [-0.05, 0) is 20.9 Å². The van der Waals surface area contributed by atoms with Gasteiger partial charge in [-0.25, -0.2) is 4.98 Å². The van der Waals surface area contributed by atoms with E-state index in [0.717, 1.165) is 6.54 Å². The standard InChI is InChI=1S/C9H17N5O/c1-7(2)14(3)5-4-10-9(15)8-11-6-12-13-8/h6-7H,4-5H2,1-3H3,(H,10,15)(H,11,12,13). The zero-order chi connectivity index (χ0) is 11.3. The quantitative estimate of drug-likeness (QED) is 0.711. The molecule has 0 fully saturated rings. The van der Waals surface area contributed by atoms with Gasteiger partial charge in [0.2, 0.25) is 5.82 Å². The molecule has 6 nitrogen and oxygen atoms in total. The molecular weight excluding hydrogens is 194 g/mol. The summed E-state index contributed by atoms with van der Waals surface area (Å²) < 4.78 is 0. The highest BCUT2D eigenvalue weighted by atomic mass is 16.2. The minimum Gasteiger partial charge on any atom is -0.348 e. The summed E-state index contributed by atoms with van der Waals surface area (Å²) in [5, 5.41) is 8.87. The Balaban J connectivity index is 2.24. The molecule has 1 amide bonds. The van der Waals surface area contributed by atoms with Crippen LogP contribution in [0.5, 0.6) is 0 Å². The fraction of sp³-hybridized carbons (Fsp3) is 0.667. The summed E-state index contributed by atoms with van der Waals surface area (Å²) in [6.45, 7) is 5.64. The van der Waals surface area contributed by atoms with Crippen molar-refractivity contribution in [1.29, 1.82) is 0 Å². The second kappa shape index (κ2) is 5.45. The molecule has 0 unspecified atom stereocenters. The van der Waals surface area contributed by atoms with Gasteiger partial charge in [0.05, 0.1) is 0 Å². The van der Waals surface area contributed by atoms with E-state index in [1.807, 2.05) is 7.05 Å². The molecule has 0 radical (unpaired) electrons. The lowest BCUT2D eigenvalue weighted by Crippen LogP contribution is -2.36. The van der Waals surface area contributed by atoms with Gasteiger partial charge in [-0.1, -0.05) is 0 Å². The van der Waals surface area contributed by atoms with Crippen LogP contribution in [0.25, 0.3) is 0 Å². The summed E-state index contributed by atoms with van der Waals surface area (Å²) in [7, 11) is 2.02. The molecule has 6 heteroatoms. The summed E-state index contributed by atoms with van der Waals surface area (Å²) in [5.74, 6) is 0.0341. The molecule has 1 aromatic heterocycles. The molecule has 0 aromatic carbocycles. The van der Waals surface area contributed by atoms with E-state index in [4.69, 9.17) is 0 Å². The number of hydrogen-bond acceptors (Lipinski definition) is 4. The highest BCUT2D eigenvalue weighted by Gasteiger charge is 2.08. The van der Waals surface area contributed by atoms with E-state index in [0.29, 0.717) is 12.6 Å². The van der Waals surface area contributed by atoms with Gasteiger partial charge in [0.1, 0.15) is 6.33 Å². The predicted molar refractivity (Wildman–Crippen MR) is 56.5 cm³/mol. The van der Waals surface area contributed by atoms with Crippen molar-refractivity contribution in [2.24, 2.45) is 0 Å². The van der Waals surface area contributed by atoms with E-state index in [1.54, 1.807) is 0 Å². The number of nitrogens with zero attached hydrogens (tertiary/aromatic N) is 3. The van der Waals surface area contributed by atoms with Crippen LogP contribution in [0.2, 0.25) is 0 Å². The van der Waals surface area contributed by atoms with Crippen molar-refractivity contribution in [1.82, 2.24) is 25.4 Å². The normalized spacial score (nSPS) is 11.0. The van der Waals surface area contributed by atoms with E-state index in [2.05, 4.69) is 39.2 Å². The maximum Gasteiger partial charge on any atom is 0.288 e. The average Bonchev–Trinajstić information content (AvgIpc) is 2.70. The van der Waals surface area contributed by atoms with E-state index in [9.17, 15) is 4.79 Å². The molecule has 15 heavy (non-hydrogen) atoms. The van der Waals surface area contributed by atoms with Crippen LogP contribution in [-0.2, 0) is 0 Å². The lowest BCUT2D eigenvalue weighted by molar-refractivity contribution is 0.0938. The van der Waals surface area contributed by atoms with Crippen molar-refractivity contribution in [3.05, 3.63) is 12.2 Å². The van der Waals surface area contributed by atoms with Crippen LogP contribution in [0.3, 0.4) is 0 Å². The maximum atomic E-state index is 11.4.